The van der Waals surface area contributed by atoms with E-state index < -0.39 is 0 Å². The van der Waals surface area contributed by atoms with Gasteiger partial charge >= 0.3 is 0 Å². The molecule has 0 N–H and O–H groups in total. The van der Waals surface area contributed by atoms with Gasteiger partial charge < -0.3 is 4.74 Å². The Hall–Kier alpha value is -0.710. The fourth-order valence-electron chi connectivity index (χ4n) is 0. The number of hydrogen-bond acceptors (Lipinski definition) is 2. The van der Waals surface area contributed by atoms with Gasteiger partial charge in [0.25, 0.3) is 6.26 Å². The molecule has 0 rings (SSSR count). The minimum absolute atomic E-state index is 1.32. The minimum atomic E-state index is 1.32. The van der Waals surface area contributed by atoms with Gasteiger partial charge in [0.2, 0.25) is 0 Å². The minimum Gasteiger partial charge on any atom is -0.424 e. The first-order valence-corrected chi connectivity index (χ1v) is 0.716. The average molecular weight is 56.0 g/mol. The Morgan fingerprint density at radius 3 is 2.25 bits per heavy atom. The van der Waals surface area contributed by atoms with E-state index in [1.165, 1.54) is 6.26 Å². The van der Waals surface area contributed by atoms with Gasteiger partial charge in [-0.1, -0.05) is 0 Å². The molecule has 0 aliphatic carbocycles. The Bertz CT molecular complexity index is 35.8. The predicted octanol–water partition coefficient (Wildman–Crippen LogP) is 0.276. The number of nitrogens with zero attached hydrogens (tertiary/aromatic N) is 1. The summed E-state index contributed by atoms with van der Waals surface area (Å²) < 4.78 is 3.60. The summed E-state index contributed by atoms with van der Waals surface area (Å²) in [5.41, 5.74) is 0. The van der Waals surface area contributed by atoms with Crippen molar-refractivity contribution < 1.29 is 4.74 Å². The predicted molar refractivity (Wildman–Crippen MR) is 12.1 cm³/mol. The third-order valence-electron chi connectivity index (χ3n) is 0.0645. The molecule has 0 aliphatic heterocycles. The zero-order valence-corrected chi connectivity index (χ0v) is 2.06. The topological polar surface area (TPSA) is 33.0 Å². The Balaban J connectivity index is 2.43. The summed E-state index contributed by atoms with van der Waals surface area (Å²) >= 11 is 0. The first-order chi connectivity index (χ1) is 1.91. The molecule has 0 unspecified atom stereocenters. The second kappa shape index (κ2) is 2.29. The molecule has 0 bridgehead atoms. The van der Waals surface area contributed by atoms with E-state index in [0.29, 0.717) is 0 Å². The highest BCUT2D eigenvalue weighted by molar-refractivity contribution is 4.42. The molecule has 0 atom stereocenters. The molecule has 0 aromatic carbocycles. The van der Waals surface area contributed by atoms with Crippen LogP contribution in [0.2, 0.25) is 0 Å². The molecule has 0 saturated heterocycles. The summed E-state index contributed by atoms with van der Waals surface area (Å²) in [6.45, 7) is 0. The maximum Gasteiger partial charge on any atom is 0.286 e. The highest BCUT2D eigenvalue weighted by Crippen LogP contribution is 1.47. The normalized spacial score (nSPS) is 4.00. The fourth-order valence-corrected chi connectivity index (χ4v) is 0. The SMILES string of the molecule is [CH2]OC#N. The Labute approximate surface area is 24.6 Å². The molecule has 0 aromatic rings. The number of ether oxygens (including phenoxy) is 1. The van der Waals surface area contributed by atoms with E-state index in [9.17, 15) is 0 Å². The van der Waals surface area contributed by atoms with E-state index in [-0.39, 0.29) is 0 Å². The summed E-state index contributed by atoms with van der Waals surface area (Å²) in [5, 5.41) is 7.34. The smallest absolute Gasteiger partial charge is 0.286 e. The molecule has 0 fully saturated rings. The molecule has 0 spiro atoms. The van der Waals surface area contributed by atoms with Gasteiger partial charge in [-0.25, -0.2) is 0 Å². The molecule has 1 radical (unpaired) electrons. The first kappa shape index (κ1) is 3.29. The second-order valence-corrected chi connectivity index (χ2v) is 0.236. The van der Waals surface area contributed by atoms with Crippen LogP contribution in [0.3, 0.4) is 0 Å². The van der Waals surface area contributed by atoms with Crippen LogP contribution in [0.1, 0.15) is 0 Å². The van der Waals surface area contributed by atoms with E-state index >= 15 is 0 Å². The van der Waals surface area contributed by atoms with Crippen LogP contribution in [0, 0.1) is 18.6 Å². The van der Waals surface area contributed by atoms with E-state index in [1.807, 2.05) is 0 Å². The van der Waals surface area contributed by atoms with Gasteiger partial charge in [-0.2, -0.15) is 5.26 Å². The average Bonchev–Trinajstić information content (AvgIpc) is 1.37. The van der Waals surface area contributed by atoms with Crippen LogP contribution in [-0.4, -0.2) is 0 Å². The summed E-state index contributed by atoms with van der Waals surface area (Å²) in [5.74, 6) is 0. The number of rotatable bonds is 0. The Kier molecular flexibility index (Phi) is 1.88. The van der Waals surface area contributed by atoms with Crippen LogP contribution in [0.15, 0.2) is 0 Å². The lowest BCUT2D eigenvalue weighted by Crippen LogP contribution is -1.49. The molecule has 2 nitrogen and oxygen atoms in total. The number of hydrogen-bond donors (Lipinski definition) is 0. The largest absolute Gasteiger partial charge is 0.424 e. The standard InChI is InChI=1S/C2H2NO/c1-4-2-3/h1H2. The molecule has 21 valence electrons. The third kappa shape index (κ3) is 1.29. The summed E-state index contributed by atoms with van der Waals surface area (Å²) in [7, 11) is 2.74. The summed E-state index contributed by atoms with van der Waals surface area (Å²) in [4.78, 5) is 0. The molecule has 0 saturated carbocycles. The van der Waals surface area contributed by atoms with Gasteiger partial charge in [0.15, 0.2) is 0 Å². The summed E-state index contributed by atoms with van der Waals surface area (Å²) in [6, 6.07) is 0. The van der Waals surface area contributed by atoms with Crippen LogP contribution in [0.25, 0.3) is 0 Å². The van der Waals surface area contributed by atoms with Crippen molar-refractivity contribution in [3.8, 4) is 6.26 Å². The molecular formula is C2H2NO. The lowest BCUT2D eigenvalue weighted by Gasteiger charge is -1.60. The molecule has 0 aliphatic rings. The zero-order chi connectivity index (χ0) is 3.41. The van der Waals surface area contributed by atoms with Crippen molar-refractivity contribution in [1.29, 1.82) is 5.26 Å². The van der Waals surface area contributed by atoms with Gasteiger partial charge in [0.1, 0.15) is 7.11 Å². The van der Waals surface area contributed by atoms with Crippen LogP contribution >= 0.6 is 0 Å². The highest BCUT2D eigenvalue weighted by atomic mass is 16.5. The molecule has 2 heteroatoms. The molecule has 0 aromatic heterocycles. The van der Waals surface area contributed by atoms with E-state index in [2.05, 4.69) is 11.8 Å². The number of nitriles is 1. The third-order valence-corrected chi connectivity index (χ3v) is 0.0645. The van der Waals surface area contributed by atoms with Gasteiger partial charge in [-0.3, -0.25) is 0 Å². The fraction of sp³-hybridized carbons (Fsp3) is 0. The lowest BCUT2D eigenvalue weighted by atomic mass is 11.5. The molecule has 0 amide bonds. The molecule has 0 heterocycles. The van der Waals surface area contributed by atoms with Crippen molar-refractivity contribution >= 4 is 0 Å². The van der Waals surface area contributed by atoms with Crippen LogP contribution in [-0.2, 0) is 4.74 Å². The Morgan fingerprint density at radius 2 is 2.25 bits per heavy atom. The van der Waals surface area contributed by atoms with Crippen molar-refractivity contribution in [2.75, 3.05) is 0 Å². The lowest BCUT2D eigenvalue weighted by molar-refractivity contribution is 0.420. The quantitative estimate of drug-likeness (QED) is 0.373. The maximum absolute atomic E-state index is 7.34. The van der Waals surface area contributed by atoms with Gasteiger partial charge in [0, 0.05) is 0 Å². The van der Waals surface area contributed by atoms with Crippen molar-refractivity contribution in [3.05, 3.63) is 7.11 Å². The maximum atomic E-state index is 7.34. The van der Waals surface area contributed by atoms with Gasteiger partial charge in [0.05, 0.1) is 0 Å². The summed E-state index contributed by atoms with van der Waals surface area (Å²) in [6.07, 6.45) is 1.32. The van der Waals surface area contributed by atoms with E-state index in [0.717, 1.165) is 0 Å². The van der Waals surface area contributed by atoms with Crippen molar-refractivity contribution in [2.45, 2.75) is 0 Å². The van der Waals surface area contributed by atoms with Crippen LogP contribution in [0.4, 0.5) is 0 Å². The highest BCUT2D eigenvalue weighted by Gasteiger charge is 1.43. The molecule has 4 heavy (non-hydrogen) atoms. The van der Waals surface area contributed by atoms with Crippen LogP contribution < -0.4 is 0 Å². The Morgan fingerprint density at radius 1 is 2.00 bits per heavy atom. The van der Waals surface area contributed by atoms with Gasteiger partial charge in [-0.15, -0.1) is 0 Å². The van der Waals surface area contributed by atoms with Crippen molar-refractivity contribution in [3.63, 3.8) is 0 Å². The van der Waals surface area contributed by atoms with Gasteiger partial charge in [-0.05, 0) is 0 Å². The van der Waals surface area contributed by atoms with Crippen molar-refractivity contribution in [2.24, 2.45) is 0 Å². The zero-order valence-electron chi connectivity index (χ0n) is 2.06. The van der Waals surface area contributed by atoms with E-state index in [4.69, 9.17) is 5.26 Å². The van der Waals surface area contributed by atoms with Crippen molar-refractivity contribution in [1.82, 2.24) is 0 Å². The van der Waals surface area contributed by atoms with Crippen LogP contribution in [0.5, 0.6) is 0 Å². The van der Waals surface area contributed by atoms with E-state index in [1.54, 1.807) is 0 Å². The second-order valence-electron chi connectivity index (χ2n) is 0.236. The first-order valence-electron chi connectivity index (χ1n) is 0.716. The monoisotopic (exact) mass is 56.0 g/mol. The molecular weight excluding hydrogens is 54.0 g/mol.